The van der Waals surface area contributed by atoms with E-state index in [1.807, 2.05) is 18.2 Å². The van der Waals surface area contributed by atoms with Crippen molar-refractivity contribution in [3.63, 3.8) is 0 Å². The van der Waals surface area contributed by atoms with Crippen molar-refractivity contribution in [3.8, 4) is 11.8 Å². The lowest BCUT2D eigenvalue weighted by Crippen LogP contribution is -2.52. The van der Waals surface area contributed by atoms with E-state index in [1.54, 1.807) is 13.3 Å². The highest BCUT2D eigenvalue weighted by molar-refractivity contribution is 7.71. The Morgan fingerprint density at radius 1 is 1.22 bits per heavy atom. The molecular weight excluding hydrogens is 493 g/mol. The molecule has 3 aliphatic rings. The van der Waals surface area contributed by atoms with Crippen LogP contribution in [0.2, 0.25) is 0 Å². The number of nitrogens with zero attached hydrogens (tertiary/aromatic N) is 4. The van der Waals surface area contributed by atoms with Crippen LogP contribution in [0.25, 0.3) is 11.0 Å². The molecule has 0 radical (unpaired) electrons. The van der Waals surface area contributed by atoms with Gasteiger partial charge in [-0.3, -0.25) is 4.90 Å². The van der Waals surface area contributed by atoms with Gasteiger partial charge in [-0.15, -0.1) is 0 Å². The summed E-state index contributed by atoms with van der Waals surface area (Å²) in [5.74, 6) is 1.51. The summed E-state index contributed by atoms with van der Waals surface area (Å²) >= 11 is 0. The number of aromatic amines is 1. The van der Waals surface area contributed by atoms with Crippen LogP contribution < -0.4 is 20.7 Å². The maximum Gasteiger partial charge on any atom is 0.231 e. The molecule has 0 unspecified atom stereocenters. The zero-order valence-corrected chi connectivity index (χ0v) is 21.6. The van der Waals surface area contributed by atoms with Crippen molar-refractivity contribution in [2.75, 3.05) is 69.6 Å². The number of aromatic nitrogens is 3. The molecule has 3 saturated heterocycles. The second-order valence-corrected chi connectivity index (χ2v) is 12.9. The van der Waals surface area contributed by atoms with Gasteiger partial charge < -0.3 is 34.4 Å². The van der Waals surface area contributed by atoms with Crippen LogP contribution in [0.3, 0.4) is 0 Å². The molecule has 1 atom stereocenters. The van der Waals surface area contributed by atoms with Gasteiger partial charge in [-0.2, -0.15) is 15.2 Å². The summed E-state index contributed by atoms with van der Waals surface area (Å²) in [5.41, 5.74) is 1.70. The first-order valence-electron chi connectivity index (χ1n) is 12.6. The highest BCUT2D eigenvalue weighted by Gasteiger charge is 2.35. The van der Waals surface area contributed by atoms with Crippen molar-refractivity contribution in [2.45, 2.75) is 18.5 Å². The molecule has 0 spiro atoms. The van der Waals surface area contributed by atoms with Crippen LogP contribution in [0.15, 0.2) is 24.4 Å². The second kappa shape index (κ2) is 9.95. The van der Waals surface area contributed by atoms with Crippen LogP contribution >= 0.6 is 7.14 Å². The number of benzene rings is 1. The summed E-state index contributed by atoms with van der Waals surface area (Å²) in [4.78, 5) is 14.7. The summed E-state index contributed by atoms with van der Waals surface area (Å²) in [6, 6.07) is 8.45. The highest BCUT2D eigenvalue weighted by atomic mass is 31.2. The quantitative estimate of drug-likeness (QED) is 0.396. The minimum absolute atomic E-state index is 0.113. The fraction of sp³-hybridized carbons (Fsp3) is 0.480. The number of methoxy groups -OCH3 is 1. The van der Waals surface area contributed by atoms with E-state index in [1.165, 1.54) is 0 Å². The Labute approximate surface area is 214 Å². The zero-order valence-electron chi connectivity index (χ0n) is 20.7. The van der Waals surface area contributed by atoms with Gasteiger partial charge in [0, 0.05) is 43.5 Å². The van der Waals surface area contributed by atoms with Gasteiger partial charge in [-0.05, 0) is 24.6 Å². The predicted octanol–water partition coefficient (Wildman–Crippen LogP) is 2.49. The van der Waals surface area contributed by atoms with E-state index in [-0.39, 0.29) is 6.04 Å². The Morgan fingerprint density at radius 3 is 2.73 bits per heavy atom. The van der Waals surface area contributed by atoms with Crippen LogP contribution in [0, 0.1) is 11.3 Å². The number of hydrogen-bond acceptors (Lipinski definition) is 10. The van der Waals surface area contributed by atoms with E-state index in [0.29, 0.717) is 71.4 Å². The van der Waals surface area contributed by atoms with E-state index in [2.05, 4.69) is 31.6 Å². The Bertz CT molecular complexity index is 1380. The summed E-state index contributed by atoms with van der Waals surface area (Å²) in [6.45, 7) is 4.47. The Balaban J connectivity index is 1.25. The van der Waals surface area contributed by atoms with Gasteiger partial charge in [0.05, 0.1) is 55.7 Å². The van der Waals surface area contributed by atoms with E-state index < -0.39 is 7.14 Å². The first kappa shape index (κ1) is 24.2. The highest BCUT2D eigenvalue weighted by Crippen LogP contribution is 2.48. The average molecular weight is 524 g/mol. The first-order valence-corrected chi connectivity index (χ1v) is 14.6. The lowest BCUT2D eigenvalue weighted by molar-refractivity contribution is -0.0620. The van der Waals surface area contributed by atoms with Crippen LogP contribution in [-0.4, -0.2) is 90.9 Å². The van der Waals surface area contributed by atoms with Crippen molar-refractivity contribution < 1.29 is 18.8 Å². The monoisotopic (exact) mass is 523 g/mol. The average Bonchev–Trinajstić information content (AvgIpc) is 3.54. The lowest BCUT2D eigenvalue weighted by atomic mass is 10.2. The number of hydrogen-bond donors (Lipinski definition) is 3. The summed E-state index contributed by atoms with van der Waals surface area (Å²) in [6.07, 6.45) is 3.82. The molecule has 5 heterocycles. The molecule has 6 rings (SSSR count). The number of ether oxygens (including phenoxy) is 3. The maximum atomic E-state index is 13.8. The number of fused-ring (bicyclic) bond motifs is 1. The summed E-state index contributed by atoms with van der Waals surface area (Å²) < 4.78 is 30.3. The molecule has 0 aliphatic carbocycles. The van der Waals surface area contributed by atoms with E-state index >= 15 is 0 Å². The topological polar surface area (TPSA) is 137 Å². The van der Waals surface area contributed by atoms with E-state index in [9.17, 15) is 9.83 Å². The Hall–Kier alpha value is -3.16. The molecule has 37 heavy (non-hydrogen) atoms. The summed E-state index contributed by atoms with van der Waals surface area (Å²) in [5, 5.41) is 17.7. The van der Waals surface area contributed by atoms with Crippen LogP contribution in [-0.2, 0) is 14.0 Å². The third-order valence-electron chi connectivity index (χ3n) is 7.46. The van der Waals surface area contributed by atoms with Gasteiger partial charge >= 0.3 is 0 Å². The van der Waals surface area contributed by atoms with Crippen LogP contribution in [0.1, 0.15) is 12.0 Å². The third kappa shape index (κ3) is 4.66. The largest absolute Gasteiger partial charge is 0.495 e. The van der Waals surface area contributed by atoms with Gasteiger partial charge in [0.2, 0.25) is 5.95 Å². The fourth-order valence-electron chi connectivity index (χ4n) is 5.14. The molecule has 3 fully saturated rings. The van der Waals surface area contributed by atoms with E-state index in [4.69, 9.17) is 19.2 Å². The number of nitrogens with one attached hydrogen (secondary N) is 3. The minimum atomic E-state index is -2.51. The number of nitriles is 1. The van der Waals surface area contributed by atoms with Crippen molar-refractivity contribution in [3.05, 3.63) is 30.0 Å². The van der Waals surface area contributed by atoms with E-state index in [0.717, 1.165) is 38.0 Å². The molecule has 12 heteroatoms. The standard InChI is InChI=1S/C25H30N7O4P/c1-34-21-10-19(37(33)8-5-32(6-9-37)18-14-36-15-18)2-3-20(21)29-25-30-23-22(16(11-26)12-27-23)24(31-25)28-17-4-7-35-13-17/h2-3,10,12,17-18H,4-9,13-15H2,1H3,(H3,27,28,29,30,31)/t17-/m1/s1. The first-order chi connectivity index (χ1) is 18.1. The Kier molecular flexibility index (Phi) is 6.51. The van der Waals surface area contributed by atoms with Crippen molar-refractivity contribution >= 4 is 40.9 Å². The van der Waals surface area contributed by atoms with Crippen molar-refractivity contribution in [2.24, 2.45) is 0 Å². The third-order valence-corrected chi connectivity index (χ3v) is 10.5. The van der Waals surface area contributed by atoms with Gasteiger partial charge in [-0.1, -0.05) is 0 Å². The smallest absolute Gasteiger partial charge is 0.231 e. The molecule has 1 aromatic carbocycles. The maximum absolute atomic E-state index is 13.8. The molecule has 3 aromatic rings. The fourth-order valence-corrected chi connectivity index (χ4v) is 7.74. The molecule has 0 amide bonds. The second-order valence-electron chi connectivity index (χ2n) is 9.71. The van der Waals surface area contributed by atoms with Crippen LogP contribution in [0.4, 0.5) is 17.5 Å². The van der Waals surface area contributed by atoms with Gasteiger partial charge in [0.15, 0.2) is 0 Å². The number of H-pyrrole nitrogens is 1. The molecule has 3 aliphatic heterocycles. The molecule has 2 aromatic heterocycles. The van der Waals surface area contributed by atoms with Gasteiger partial charge in [0.25, 0.3) is 0 Å². The van der Waals surface area contributed by atoms with Gasteiger partial charge in [0.1, 0.15) is 30.4 Å². The lowest BCUT2D eigenvalue weighted by Gasteiger charge is -2.41. The number of rotatable bonds is 7. The molecule has 11 nitrogen and oxygen atoms in total. The van der Waals surface area contributed by atoms with Crippen molar-refractivity contribution in [1.29, 1.82) is 5.26 Å². The SMILES string of the molecule is COc1cc(P2(=O)CCN(C3COC3)CC2)ccc1Nc1nc(N[C@@H]2CCOC2)c2c(C#N)c[nH]c2n1. The normalized spacial score (nSPS) is 21.9. The molecular formula is C25H30N7O4P. The number of anilines is 3. The van der Waals surface area contributed by atoms with Gasteiger partial charge in [-0.25, -0.2) is 0 Å². The van der Waals surface area contributed by atoms with Crippen molar-refractivity contribution in [1.82, 2.24) is 19.9 Å². The molecule has 194 valence electrons. The Morgan fingerprint density at radius 2 is 2.05 bits per heavy atom. The molecule has 3 N–H and O–H groups in total. The summed E-state index contributed by atoms with van der Waals surface area (Å²) in [7, 11) is -0.911. The minimum Gasteiger partial charge on any atom is -0.495 e. The molecule has 0 bridgehead atoms. The molecule has 0 saturated carbocycles. The predicted molar refractivity (Wildman–Crippen MR) is 141 cm³/mol. The van der Waals surface area contributed by atoms with Crippen LogP contribution in [0.5, 0.6) is 5.75 Å². The zero-order chi connectivity index (χ0) is 25.4.